The molecule has 0 rings (SSSR count). The summed E-state index contributed by atoms with van der Waals surface area (Å²) in [4.78, 5) is 23.7. The predicted molar refractivity (Wildman–Crippen MR) is 53.7 cm³/mol. The van der Waals surface area contributed by atoms with E-state index in [1.54, 1.807) is 6.92 Å². The molecule has 14 heavy (non-hydrogen) atoms. The van der Waals surface area contributed by atoms with E-state index in [0.717, 1.165) is 6.42 Å². The zero-order valence-electron chi connectivity index (χ0n) is 8.78. The van der Waals surface area contributed by atoms with Crippen LogP contribution in [0, 0.1) is 0 Å². The molecular weight excluding hydrogens is 182 g/mol. The Kier molecular flexibility index (Phi) is 6.45. The fourth-order valence-corrected chi connectivity index (χ4v) is 0.892. The molecular formula is C10H17NO3. The van der Waals surface area contributed by atoms with Crippen molar-refractivity contribution in [1.82, 2.24) is 4.90 Å². The van der Waals surface area contributed by atoms with Gasteiger partial charge in [-0.05, 0) is 19.4 Å². The van der Waals surface area contributed by atoms with E-state index in [-0.39, 0.29) is 18.4 Å². The number of carbonyl (C=O) groups is 2. The minimum Gasteiger partial charge on any atom is -0.464 e. The van der Waals surface area contributed by atoms with E-state index in [9.17, 15) is 9.59 Å². The summed E-state index contributed by atoms with van der Waals surface area (Å²) >= 11 is 0. The molecule has 0 aliphatic carbocycles. The number of rotatable bonds is 6. The van der Waals surface area contributed by atoms with E-state index < -0.39 is 0 Å². The van der Waals surface area contributed by atoms with Gasteiger partial charge in [0, 0.05) is 6.54 Å². The van der Waals surface area contributed by atoms with Crippen molar-refractivity contribution in [2.24, 2.45) is 0 Å². The van der Waals surface area contributed by atoms with E-state index in [2.05, 4.69) is 6.58 Å². The first-order valence-corrected chi connectivity index (χ1v) is 4.72. The van der Waals surface area contributed by atoms with Crippen LogP contribution < -0.4 is 0 Å². The monoisotopic (exact) mass is 199 g/mol. The van der Waals surface area contributed by atoms with Gasteiger partial charge < -0.3 is 9.64 Å². The molecule has 0 aromatic carbocycles. The van der Waals surface area contributed by atoms with E-state index >= 15 is 0 Å². The summed E-state index contributed by atoms with van der Waals surface area (Å²) in [6, 6.07) is 0. The van der Waals surface area contributed by atoms with Gasteiger partial charge in [0.05, 0.1) is 6.61 Å². The smallest absolute Gasteiger partial charge is 0.325 e. The van der Waals surface area contributed by atoms with Crippen molar-refractivity contribution >= 4 is 11.9 Å². The van der Waals surface area contributed by atoms with Crippen LogP contribution in [0.4, 0.5) is 0 Å². The van der Waals surface area contributed by atoms with E-state index in [0.29, 0.717) is 13.2 Å². The zero-order valence-corrected chi connectivity index (χ0v) is 8.78. The third-order valence-electron chi connectivity index (χ3n) is 1.66. The summed E-state index contributed by atoms with van der Waals surface area (Å²) < 4.78 is 4.85. The first-order valence-electron chi connectivity index (χ1n) is 4.72. The van der Waals surface area contributed by atoms with E-state index in [1.807, 2.05) is 6.92 Å². The van der Waals surface area contributed by atoms with Gasteiger partial charge in [0.25, 0.3) is 0 Å². The minimum atomic E-state index is -0.371. The summed E-state index contributed by atoms with van der Waals surface area (Å²) in [6.07, 6.45) is 1.98. The summed E-state index contributed by atoms with van der Waals surface area (Å²) in [5.41, 5.74) is 0. The van der Waals surface area contributed by atoms with Gasteiger partial charge in [-0.2, -0.15) is 0 Å². The lowest BCUT2D eigenvalue weighted by Crippen LogP contribution is -2.35. The molecule has 0 aliphatic rings. The topological polar surface area (TPSA) is 46.6 Å². The zero-order chi connectivity index (χ0) is 11.0. The van der Waals surface area contributed by atoms with Crippen LogP contribution in [0.15, 0.2) is 12.7 Å². The molecule has 80 valence electrons. The van der Waals surface area contributed by atoms with Crippen LogP contribution >= 0.6 is 0 Å². The van der Waals surface area contributed by atoms with Crippen molar-refractivity contribution in [3.63, 3.8) is 0 Å². The van der Waals surface area contributed by atoms with Crippen molar-refractivity contribution in [3.8, 4) is 0 Å². The van der Waals surface area contributed by atoms with Crippen LogP contribution in [-0.2, 0) is 14.3 Å². The molecule has 0 aliphatic heterocycles. The van der Waals surface area contributed by atoms with E-state index in [1.165, 1.54) is 11.0 Å². The van der Waals surface area contributed by atoms with Gasteiger partial charge in [0.15, 0.2) is 0 Å². The molecule has 0 radical (unpaired) electrons. The summed E-state index contributed by atoms with van der Waals surface area (Å²) in [5, 5.41) is 0. The van der Waals surface area contributed by atoms with Gasteiger partial charge in [0.1, 0.15) is 6.54 Å². The van der Waals surface area contributed by atoms with Crippen LogP contribution in [-0.4, -0.2) is 36.5 Å². The van der Waals surface area contributed by atoms with Gasteiger partial charge in [-0.3, -0.25) is 9.59 Å². The highest BCUT2D eigenvalue weighted by molar-refractivity contribution is 5.89. The molecule has 0 aromatic heterocycles. The Labute approximate surface area is 84.5 Å². The third kappa shape index (κ3) is 4.64. The molecule has 0 heterocycles. The number of hydrogen-bond acceptors (Lipinski definition) is 3. The standard InChI is InChI=1S/C10H17NO3/c1-4-7-14-10(13)8-11(6-3)9(12)5-2/h5H,2,4,6-8H2,1,3H3. The molecule has 0 spiro atoms. The molecule has 0 N–H and O–H groups in total. The van der Waals surface area contributed by atoms with Gasteiger partial charge in [-0.15, -0.1) is 0 Å². The second kappa shape index (κ2) is 7.12. The summed E-state index contributed by atoms with van der Waals surface area (Å²) in [6.45, 7) is 7.95. The highest BCUT2D eigenvalue weighted by Crippen LogP contribution is 1.93. The highest BCUT2D eigenvalue weighted by atomic mass is 16.5. The SMILES string of the molecule is C=CC(=O)N(CC)CC(=O)OCCC. The van der Waals surface area contributed by atoms with Crippen molar-refractivity contribution in [2.75, 3.05) is 19.7 Å². The summed E-state index contributed by atoms with van der Waals surface area (Å²) in [5.74, 6) is -0.621. The maximum absolute atomic E-state index is 11.2. The van der Waals surface area contributed by atoms with Crippen molar-refractivity contribution in [2.45, 2.75) is 20.3 Å². The van der Waals surface area contributed by atoms with Crippen LogP contribution in [0.3, 0.4) is 0 Å². The van der Waals surface area contributed by atoms with Crippen LogP contribution in [0.2, 0.25) is 0 Å². The normalized spacial score (nSPS) is 9.29. The van der Waals surface area contributed by atoms with Crippen molar-refractivity contribution < 1.29 is 14.3 Å². The minimum absolute atomic E-state index is 0.00134. The predicted octanol–water partition coefficient (Wildman–Crippen LogP) is 0.974. The van der Waals surface area contributed by atoms with Crippen LogP contribution in [0.25, 0.3) is 0 Å². The molecule has 0 atom stereocenters. The maximum atomic E-state index is 11.2. The molecule has 0 saturated carbocycles. The third-order valence-corrected chi connectivity index (χ3v) is 1.66. The van der Waals surface area contributed by atoms with Crippen LogP contribution in [0.1, 0.15) is 20.3 Å². The quantitative estimate of drug-likeness (QED) is 0.473. The Hall–Kier alpha value is -1.32. The van der Waals surface area contributed by atoms with Gasteiger partial charge in [-0.25, -0.2) is 0 Å². The number of likely N-dealkylation sites (N-methyl/N-ethyl adjacent to an activating group) is 1. The molecule has 0 unspecified atom stereocenters. The number of ether oxygens (including phenoxy) is 1. The number of carbonyl (C=O) groups excluding carboxylic acids is 2. The molecule has 0 bridgehead atoms. The van der Waals surface area contributed by atoms with E-state index in [4.69, 9.17) is 4.74 Å². The lowest BCUT2D eigenvalue weighted by Gasteiger charge is -2.17. The molecule has 0 aromatic rings. The Balaban J connectivity index is 3.98. The number of hydrogen-bond donors (Lipinski definition) is 0. The number of esters is 1. The first kappa shape index (κ1) is 12.7. The fourth-order valence-electron chi connectivity index (χ4n) is 0.892. The van der Waals surface area contributed by atoms with Gasteiger partial charge in [-0.1, -0.05) is 13.5 Å². The Bertz CT molecular complexity index is 213. The van der Waals surface area contributed by atoms with Gasteiger partial charge in [0.2, 0.25) is 5.91 Å². The van der Waals surface area contributed by atoms with Gasteiger partial charge >= 0.3 is 5.97 Å². The number of amides is 1. The maximum Gasteiger partial charge on any atom is 0.325 e. The molecule has 0 fully saturated rings. The molecule has 4 nitrogen and oxygen atoms in total. The average Bonchev–Trinajstić information content (AvgIpc) is 2.21. The highest BCUT2D eigenvalue weighted by Gasteiger charge is 2.12. The largest absolute Gasteiger partial charge is 0.464 e. The first-order chi connectivity index (χ1) is 6.65. The second-order valence-corrected chi connectivity index (χ2v) is 2.78. The second-order valence-electron chi connectivity index (χ2n) is 2.78. The van der Waals surface area contributed by atoms with Crippen molar-refractivity contribution in [3.05, 3.63) is 12.7 Å². The van der Waals surface area contributed by atoms with Crippen LogP contribution in [0.5, 0.6) is 0 Å². The molecule has 4 heteroatoms. The number of nitrogens with zero attached hydrogens (tertiary/aromatic N) is 1. The summed E-state index contributed by atoms with van der Waals surface area (Å²) in [7, 11) is 0. The lowest BCUT2D eigenvalue weighted by atomic mass is 10.4. The molecule has 1 amide bonds. The fraction of sp³-hybridized carbons (Fsp3) is 0.600. The Morgan fingerprint density at radius 3 is 2.50 bits per heavy atom. The molecule has 0 saturated heterocycles. The van der Waals surface area contributed by atoms with Crippen molar-refractivity contribution in [1.29, 1.82) is 0 Å². The lowest BCUT2D eigenvalue weighted by molar-refractivity contribution is -0.148. The Morgan fingerprint density at radius 2 is 2.07 bits per heavy atom. The Morgan fingerprint density at radius 1 is 1.43 bits per heavy atom. The average molecular weight is 199 g/mol.